The molecule has 1 fully saturated rings. The van der Waals surface area contributed by atoms with Crippen LogP contribution in [0.5, 0.6) is 0 Å². The number of hydrogen-bond donors (Lipinski definition) is 1. The first-order valence-electron chi connectivity index (χ1n) is 4.79. The summed E-state index contributed by atoms with van der Waals surface area (Å²) in [5.74, 6) is 0.513. The van der Waals surface area contributed by atoms with Crippen LogP contribution in [0.2, 0.25) is 0 Å². The quantitative estimate of drug-likeness (QED) is 0.794. The number of carbonyl (C=O) groups is 1. The van der Waals surface area contributed by atoms with Gasteiger partial charge in [-0.15, -0.1) is 0 Å². The number of nitriles is 1. The number of aromatic nitrogens is 1. The maximum atomic E-state index is 11.8. The monoisotopic (exact) mass is 205 g/mol. The van der Waals surface area contributed by atoms with Gasteiger partial charge in [0.05, 0.1) is 6.07 Å². The van der Waals surface area contributed by atoms with E-state index in [-0.39, 0.29) is 5.91 Å². The molecule has 5 heteroatoms. The zero-order chi connectivity index (χ0) is 10.9. The van der Waals surface area contributed by atoms with Crippen molar-refractivity contribution in [3.05, 3.63) is 12.3 Å². The molecule has 15 heavy (non-hydrogen) atoms. The number of rotatable bonds is 2. The van der Waals surface area contributed by atoms with Crippen LogP contribution in [0.1, 0.15) is 19.8 Å². The van der Waals surface area contributed by atoms with Gasteiger partial charge in [-0.05, 0) is 18.8 Å². The lowest BCUT2D eigenvalue weighted by atomic mass is 9.63. The van der Waals surface area contributed by atoms with Crippen LogP contribution >= 0.6 is 0 Å². The second-order valence-electron chi connectivity index (χ2n) is 4.05. The maximum absolute atomic E-state index is 11.8. The number of hydrogen-bond acceptors (Lipinski definition) is 4. The summed E-state index contributed by atoms with van der Waals surface area (Å²) in [7, 11) is 0. The van der Waals surface area contributed by atoms with Gasteiger partial charge in [0.2, 0.25) is 5.91 Å². The van der Waals surface area contributed by atoms with Crippen LogP contribution in [0.25, 0.3) is 0 Å². The van der Waals surface area contributed by atoms with Crippen LogP contribution in [0.3, 0.4) is 0 Å². The Bertz CT molecular complexity index is 399. The fourth-order valence-corrected chi connectivity index (χ4v) is 1.97. The molecule has 1 heterocycles. The zero-order valence-corrected chi connectivity index (χ0v) is 8.36. The van der Waals surface area contributed by atoms with E-state index in [0.29, 0.717) is 24.6 Å². The van der Waals surface area contributed by atoms with Gasteiger partial charge in [0, 0.05) is 6.07 Å². The molecular formula is C10H11N3O2. The van der Waals surface area contributed by atoms with Gasteiger partial charge in [0.25, 0.3) is 0 Å². The third-order valence-corrected chi connectivity index (χ3v) is 2.72. The SMILES string of the molecule is CC1CC(C#N)(C(=O)Nc2ccon2)C1. The van der Waals surface area contributed by atoms with Crippen LogP contribution in [0.15, 0.2) is 16.9 Å². The largest absolute Gasteiger partial charge is 0.363 e. The molecule has 0 spiro atoms. The summed E-state index contributed by atoms with van der Waals surface area (Å²) in [6.45, 7) is 2.03. The van der Waals surface area contributed by atoms with Crippen molar-refractivity contribution >= 4 is 11.7 Å². The van der Waals surface area contributed by atoms with Crippen molar-refractivity contribution in [3.63, 3.8) is 0 Å². The number of carbonyl (C=O) groups excluding carboxylic acids is 1. The Hall–Kier alpha value is -1.83. The Morgan fingerprint density at radius 3 is 3.00 bits per heavy atom. The van der Waals surface area contributed by atoms with Crippen LogP contribution in [0, 0.1) is 22.7 Å². The van der Waals surface area contributed by atoms with Crippen molar-refractivity contribution in [2.24, 2.45) is 11.3 Å². The predicted molar refractivity (Wildman–Crippen MR) is 51.6 cm³/mol. The molecular weight excluding hydrogens is 194 g/mol. The molecule has 1 saturated carbocycles. The average Bonchev–Trinajstić information content (AvgIpc) is 2.64. The molecule has 0 radical (unpaired) electrons. The highest BCUT2D eigenvalue weighted by molar-refractivity contribution is 5.97. The molecule has 0 saturated heterocycles. The summed E-state index contributed by atoms with van der Waals surface area (Å²) >= 11 is 0. The van der Waals surface area contributed by atoms with Gasteiger partial charge >= 0.3 is 0 Å². The van der Waals surface area contributed by atoms with Gasteiger partial charge in [-0.25, -0.2) is 0 Å². The van der Waals surface area contributed by atoms with Crippen molar-refractivity contribution in [1.29, 1.82) is 5.26 Å². The maximum Gasteiger partial charge on any atom is 0.246 e. The Balaban J connectivity index is 2.05. The summed E-state index contributed by atoms with van der Waals surface area (Å²) < 4.78 is 4.59. The van der Waals surface area contributed by atoms with E-state index in [2.05, 4.69) is 21.1 Å². The van der Waals surface area contributed by atoms with Crippen LogP contribution < -0.4 is 5.32 Å². The molecule has 0 aromatic carbocycles. The Kier molecular flexibility index (Phi) is 2.19. The van der Waals surface area contributed by atoms with Crippen molar-refractivity contribution in [2.75, 3.05) is 5.32 Å². The fraction of sp³-hybridized carbons (Fsp3) is 0.500. The van der Waals surface area contributed by atoms with E-state index in [9.17, 15) is 4.79 Å². The smallest absolute Gasteiger partial charge is 0.246 e. The lowest BCUT2D eigenvalue weighted by Gasteiger charge is -2.38. The highest BCUT2D eigenvalue weighted by atomic mass is 16.5. The number of nitrogens with zero attached hydrogens (tertiary/aromatic N) is 2. The number of anilines is 1. The molecule has 1 aliphatic carbocycles. The summed E-state index contributed by atoms with van der Waals surface area (Å²) in [5, 5.41) is 15.1. The van der Waals surface area contributed by atoms with E-state index in [4.69, 9.17) is 5.26 Å². The zero-order valence-electron chi connectivity index (χ0n) is 8.36. The summed E-state index contributed by atoms with van der Waals surface area (Å²) in [6.07, 6.45) is 2.61. The molecule has 1 amide bonds. The van der Waals surface area contributed by atoms with Crippen LogP contribution in [-0.4, -0.2) is 11.1 Å². The highest BCUT2D eigenvalue weighted by Crippen LogP contribution is 2.45. The van der Waals surface area contributed by atoms with Gasteiger partial charge in [0.15, 0.2) is 5.82 Å². The Morgan fingerprint density at radius 1 is 1.80 bits per heavy atom. The first kappa shape index (κ1) is 9.71. The first-order chi connectivity index (χ1) is 7.16. The van der Waals surface area contributed by atoms with Gasteiger partial charge in [-0.1, -0.05) is 12.1 Å². The van der Waals surface area contributed by atoms with E-state index in [0.717, 1.165) is 0 Å². The molecule has 0 unspecified atom stereocenters. The lowest BCUT2D eigenvalue weighted by Crippen LogP contribution is -2.45. The van der Waals surface area contributed by atoms with Crippen LogP contribution in [0.4, 0.5) is 5.82 Å². The first-order valence-corrected chi connectivity index (χ1v) is 4.79. The van der Waals surface area contributed by atoms with E-state index in [1.54, 1.807) is 6.07 Å². The summed E-state index contributed by atoms with van der Waals surface area (Å²) in [4.78, 5) is 11.8. The van der Waals surface area contributed by atoms with E-state index in [1.165, 1.54) is 6.26 Å². The van der Waals surface area contributed by atoms with Gasteiger partial charge < -0.3 is 9.84 Å². The van der Waals surface area contributed by atoms with E-state index >= 15 is 0 Å². The van der Waals surface area contributed by atoms with E-state index in [1.807, 2.05) is 6.92 Å². The number of nitrogens with one attached hydrogen (secondary N) is 1. The minimum Gasteiger partial charge on any atom is -0.363 e. The highest BCUT2D eigenvalue weighted by Gasteiger charge is 2.49. The van der Waals surface area contributed by atoms with Gasteiger partial charge in [-0.2, -0.15) is 5.26 Å². The summed E-state index contributed by atoms with van der Waals surface area (Å²) in [5.41, 5.74) is -0.863. The third kappa shape index (κ3) is 1.59. The van der Waals surface area contributed by atoms with E-state index < -0.39 is 5.41 Å². The molecule has 2 rings (SSSR count). The second-order valence-corrected chi connectivity index (χ2v) is 4.05. The fourth-order valence-electron chi connectivity index (χ4n) is 1.97. The average molecular weight is 205 g/mol. The molecule has 1 aliphatic rings. The summed E-state index contributed by atoms with van der Waals surface area (Å²) in [6, 6.07) is 3.63. The van der Waals surface area contributed by atoms with Crippen molar-refractivity contribution in [3.8, 4) is 6.07 Å². The number of amides is 1. The molecule has 5 nitrogen and oxygen atoms in total. The molecule has 1 aromatic rings. The predicted octanol–water partition coefficient (Wildman–Crippen LogP) is 1.55. The molecule has 1 N–H and O–H groups in total. The van der Waals surface area contributed by atoms with Crippen molar-refractivity contribution in [1.82, 2.24) is 5.16 Å². The molecule has 0 aliphatic heterocycles. The van der Waals surface area contributed by atoms with Crippen molar-refractivity contribution in [2.45, 2.75) is 19.8 Å². The minimum absolute atomic E-state index is 0.281. The molecule has 0 bridgehead atoms. The molecule has 0 atom stereocenters. The topological polar surface area (TPSA) is 78.9 Å². The van der Waals surface area contributed by atoms with Crippen molar-refractivity contribution < 1.29 is 9.32 Å². The van der Waals surface area contributed by atoms with Gasteiger partial charge in [0.1, 0.15) is 11.7 Å². The Labute approximate surface area is 87.0 Å². The Morgan fingerprint density at radius 2 is 2.53 bits per heavy atom. The van der Waals surface area contributed by atoms with Crippen LogP contribution in [-0.2, 0) is 4.79 Å². The standard InChI is InChI=1S/C10H11N3O2/c1-7-4-10(5-7,6-11)9(14)12-8-2-3-15-13-8/h2-3,7H,4-5H2,1H3,(H,12,13,14). The third-order valence-electron chi connectivity index (χ3n) is 2.72. The van der Waals surface area contributed by atoms with Gasteiger partial charge in [-0.3, -0.25) is 4.79 Å². The minimum atomic E-state index is -0.863. The normalized spacial score (nSPS) is 28.9. The molecule has 1 aromatic heterocycles. The lowest BCUT2D eigenvalue weighted by molar-refractivity contribution is -0.128. The second kappa shape index (κ2) is 3.39. The molecule has 78 valence electrons.